The minimum absolute atomic E-state index is 0. The molecule has 0 nitrogen and oxygen atoms in total. The van der Waals surface area contributed by atoms with Gasteiger partial charge in [-0.3, -0.25) is 0 Å². The van der Waals surface area contributed by atoms with Crippen molar-refractivity contribution in [2.24, 2.45) is 0 Å². The molecule has 0 aliphatic heterocycles. The fourth-order valence-electron chi connectivity index (χ4n) is 0. The molecule has 0 N–H and O–H groups in total. The number of hydrogen-bond acceptors (Lipinski definition) is 0. The molecule has 0 bridgehead atoms. The topological polar surface area (TPSA) is 0 Å². The monoisotopic (exact) mass is 369 g/mol. The number of hydrogen-bond donors (Lipinski definition) is 0. The van der Waals surface area contributed by atoms with Gasteiger partial charge in [-0.25, -0.2) is 0 Å². The molecule has 0 saturated heterocycles. The van der Waals surface area contributed by atoms with Crippen LogP contribution < -0.4 is 0 Å². The molecule has 0 amide bonds. The molecule has 6 heteroatoms. The quantitative estimate of drug-likeness (QED) is 0.614. The van der Waals surface area contributed by atoms with E-state index in [1.54, 1.807) is 0 Å². The average molecular weight is 370 g/mol. The van der Waals surface area contributed by atoms with Crippen LogP contribution >= 0.6 is 50.7 Å². The van der Waals surface area contributed by atoms with Crippen molar-refractivity contribution in [1.29, 1.82) is 0 Å². The maximum absolute atomic E-state index is 5.01. The predicted molar refractivity (Wildman–Crippen MR) is 30.7 cm³/mol. The fraction of sp³-hybridized carbons (Fsp3) is 0. The van der Waals surface area contributed by atoms with Gasteiger partial charge in [0.25, 0.3) is 0 Å². The summed E-state index contributed by atoms with van der Waals surface area (Å²) in [6.45, 7) is 0. The van der Waals surface area contributed by atoms with E-state index in [2.05, 4.69) is 0 Å². The summed E-state index contributed by atoms with van der Waals surface area (Å²) in [5, 5.41) is 0. The van der Waals surface area contributed by atoms with Gasteiger partial charge in [0.05, 0.1) is 0 Å². The van der Waals surface area contributed by atoms with Crippen LogP contribution in [0.25, 0.3) is 0 Å². The molecular formula is HCl5Ir. The molecule has 0 fully saturated rings. The van der Waals surface area contributed by atoms with Crippen molar-refractivity contribution in [3.05, 3.63) is 0 Å². The third-order valence-electron chi connectivity index (χ3n) is 0. The zero-order valence-corrected chi connectivity index (χ0v) is 8.49. The van der Waals surface area contributed by atoms with Crippen LogP contribution in [-0.4, -0.2) is 0 Å². The van der Waals surface area contributed by atoms with Gasteiger partial charge in [0.2, 0.25) is 0 Å². The third kappa shape index (κ3) is 36.0. The van der Waals surface area contributed by atoms with Gasteiger partial charge >= 0.3 is 49.6 Å². The molecule has 0 saturated carbocycles. The summed E-state index contributed by atoms with van der Waals surface area (Å²) >= 11 is -3.11. The first-order valence-corrected chi connectivity index (χ1v) is 12.4. The maximum atomic E-state index is 5.01. The van der Waals surface area contributed by atoms with E-state index in [4.69, 9.17) is 38.3 Å². The molecule has 0 radical (unpaired) electrons. The average Bonchev–Trinajstić information content (AvgIpc) is 0.722. The zero-order valence-electron chi connectivity index (χ0n) is 2.25. The van der Waals surface area contributed by atoms with E-state index in [-0.39, 0.29) is 12.4 Å². The first kappa shape index (κ1) is 11.0. The predicted octanol–water partition coefficient (Wildman–Crippen LogP) is 3.18. The van der Waals surface area contributed by atoms with Crippen LogP contribution in [0.4, 0.5) is 0 Å². The van der Waals surface area contributed by atoms with Gasteiger partial charge in [-0.15, -0.1) is 12.4 Å². The van der Waals surface area contributed by atoms with Crippen LogP contribution in [0, 0.1) is 0 Å². The van der Waals surface area contributed by atoms with E-state index in [0.29, 0.717) is 0 Å². The van der Waals surface area contributed by atoms with Gasteiger partial charge in [0.15, 0.2) is 0 Å². The molecule has 0 aromatic rings. The van der Waals surface area contributed by atoms with Crippen molar-refractivity contribution in [2.45, 2.75) is 0 Å². The van der Waals surface area contributed by atoms with Gasteiger partial charge in [-0.1, -0.05) is 0 Å². The van der Waals surface area contributed by atoms with Gasteiger partial charge < -0.3 is 0 Å². The molecule has 0 heterocycles. The normalized spacial score (nSPS) is 12.7. The zero-order chi connectivity index (χ0) is 4.50. The molecule has 0 aromatic heterocycles. The molecule has 0 aliphatic carbocycles. The molecule has 0 unspecified atom stereocenters. The van der Waals surface area contributed by atoms with E-state index < -0.39 is 11.2 Å². The van der Waals surface area contributed by atoms with E-state index in [9.17, 15) is 0 Å². The van der Waals surface area contributed by atoms with Gasteiger partial charge in [-0.2, -0.15) is 0 Å². The van der Waals surface area contributed by atoms with Crippen LogP contribution in [0.1, 0.15) is 0 Å². The van der Waals surface area contributed by atoms with Gasteiger partial charge in [-0.05, 0) is 0 Å². The molecule has 0 atom stereocenters. The summed E-state index contributed by atoms with van der Waals surface area (Å²) in [5.74, 6) is 0. The molecule has 0 rings (SSSR count). The van der Waals surface area contributed by atoms with Crippen LogP contribution in [-0.2, 0) is 11.2 Å². The van der Waals surface area contributed by atoms with E-state index in [1.165, 1.54) is 0 Å². The first-order valence-electron chi connectivity index (χ1n) is 0.504. The molecule has 0 spiro atoms. The Labute approximate surface area is 61.5 Å². The number of halogens is 5. The molecule has 45 valence electrons. The Bertz CT molecular complexity index is 19.4. The van der Waals surface area contributed by atoms with Crippen molar-refractivity contribution in [3.8, 4) is 0 Å². The molecule has 0 aliphatic rings. The summed E-state index contributed by atoms with van der Waals surface area (Å²) in [4.78, 5) is 0. The first-order chi connectivity index (χ1) is 2.00. The van der Waals surface area contributed by atoms with E-state index in [0.717, 1.165) is 0 Å². The van der Waals surface area contributed by atoms with Crippen molar-refractivity contribution < 1.29 is 11.2 Å². The van der Waals surface area contributed by atoms with Crippen molar-refractivity contribution in [2.75, 3.05) is 0 Å². The Morgan fingerprint density at radius 3 is 0.833 bits per heavy atom. The molecule has 6 heavy (non-hydrogen) atoms. The Morgan fingerprint density at radius 1 is 0.833 bits per heavy atom. The van der Waals surface area contributed by atoms with Crippen LogP contribution in [0.3, 0.4) is 0 Å². The van der Waals surface area contributed by atoms with E-state index in [1.807, 2.05) is 0 Å². The minimum atomic E-state index is -3.11. The Hall–Kier alpha value is 2.10. The van der Waals surface area contributed by atoms with Crippen molar-refractivity contribution in [1.82, 2.24) is 0 Å². The summed E-state index contributed by atoms with van der Waals surface area (Å²) < 4.78 is 0. The molecule has 0 aromatic carbocycles. The Kier molecular flexibility index (Phi) is 7.36. The van der Waals surface area contributed by atoms with E-state index >= 15 is 0 Å². The summed E-state index contributed by atoms with van der Waals surface area (Å²) in [6.07, 6.45) is 0. The second kappa shape index (κ2) is 4.03. The fourth-order valence-corrected chi connectivity index (χ4v) is 0. The standard InChI is InChI=1S/5ClH.Ir/h5*1H;/q;;;;;+4/p-4. The summed E-state index contributed by atoms with van der Waals surface area (Å²) in [6, 6.07) is 0. The second-order valence-corrected chi connectivity index (χ2v) is 21.0. The summed E-state index contributed by atoms with van der Waals surface area (Å²) in [7, 11) is 20.1. The van der Waals surface area contributed by atoms with Crippen LogP contribution in [0.2, 0.25) is 0 Å². The Balaban J connectivity index is 0. The molecular weight excluding hydrogens is 369 g/mol. The van der Waals surface area contributed by atoms with Crippen LogP contribution in [0.5, 0.6) is 0 Å². The van der Waals surface area contributed by atoms with Crippen molar-refractivity contribution >= 4 is 50.7 Å². The van der Waals surface area contributed by atoms with Crippen molar-refractivity contribution in [3.63, 3.8) is 0 Å². The van der Waals surface area contributed by atoms with Gasteiger partial charge in [0, 0.05) is 0 Å². The van der Waals surface area contributed by atoms with Gasteiger partial charge in [0.1, 0.15) is 0 Å². The second-order valence-electron chi connectivity index (χ2n) is 0.286. The SMILES string of the molecule is Cl.[Cl][Ir]([Cl])([Cl])[Cl]. The number of rotatable bonds is 0. The third-order valence-corrected chi connectivity index (χ3v) is 0. The van der Waals surface area contributed by atoms with Crippen LogP contribution in [0.15, 0.2) is 0 Å². The summed E-state index contributed by atoms with van der Waals surface area (Å²) in [5.41, 5.74) is 0. The Morgan fingerprint density at radius 2 is 0.833 bits per heavy atom.